The van der Waals surface area contributed by atoms with Crippen molar-refractivity contribution in [1.29, 1.82) is 0 Å². The Bertz CT molecular complexity index is 404. The van der Waals surface area contributed by atoms with Gasteiger partial charge in [0.05, 0.1) is 0 Å². The van der Waals surface area contributed by atoms with Crippen LogP contribution in [0, 0.1) is 17.6 Å². The van der Waals surface area contributed by atoms with Crippen LogP contribution in [0.25, 0.3) is 0 Å². The van der Waals surface area contributed by atoms with Crippen LogP contribution in [0.1, 0.15) is 12.5 Å². The number of nitrogens with two attached hydrogens (primary N) is 1. The summed E-state index contributed by atoms with van der Waals surface area (Å²) >= 11 is 0. The van der Waals surface area contributed by atoms with Crippen LogP contribution < -0.4 is 11.1 Å². The molecule has 0 bridgehead atoms. The number of benzene rings is 1. The van der Waals surface area contributed by atoms with Gasteiger partial charge in [0, 0.05) is 18.5 Å². The minimum absolute atomic E-state index is 0.0979. The van der Waals surface area contributed by atoms with E-state index in [9.17, 15) is 8.78 Å². The van der Waals surface area contributed by atoms with E-state index in [4.69, 9.17) is 10.9 Å². The molecular formula is C12H17F2N3O. The Kier molecular flexibility index (Phi) is 5.51. The highest BCUT2D eigenvalue weighted by molar-refractivity contribution is 5.82. The van der Waals surface area contributed by atoms with Gasteiger partial charge in [0.25, 0.3) is 0 Å². The topological polar surface area (TPSA) is 70.6 Å². The van der Waals surface area contributed by atoms with Gasteiger partial charge in [0.2, 0.25) is 0 Å². The van der Waals surface area contributed by atoms with E-state index in [0.717, 1.165) is 6.07 Å². The Hall–Kier alpha value is -1.69. The number of nitrogens with zero attached hydrogens (tertiary/aromatic N) is 1. The third-order valence-corrected chi connectivity index (χ3v) is 2.58. The molecular weight excluding hydrogens is 240 g/mol. The van der Waals surface area contributed by atoms with E-state index in [1.54, 1.807) is 0 Å². The molecule has 0 fully saturated rings. The normalized spacial score (nSPS) is 13.6. The summed E-state index contributed by atoms with van der Waals surface area (Å²) in [6.45, 7) is 2.91. The quantitative estimate of drug-likeness (QED) is 0.238. The van der Waals surface area contributed by atoms with Crippen molar-refractivity contribution < 1.29 is 14.0 Å². The van der Waals surface area contributed by atoms with Crippen LogP contribution in [0.5, 0.6) is 0 Å². The van der Waals surface area contributed by atoms with Gasteiger partial charge in [-0.15, -0.1) is 0 Å². The maximum absolute atomic E-state index is 12.9. The number of oxime groups is 1. The lowest BCUT2D eigenvalue weighted by Crippen LogP contribution is -2.32. The van der Waals surface area contributed by atoms with Gasteiger partial charge in [-0.3, -0.25) is 0 Å². The summed E-state index contributed by atoms with van der Waals surface area (Å²) in [5.41, 5.74) is 6.00. The van der Waals surface area contributed by atoms with Gasteiger partial charge >= 0.3 is 0 Å². The van der Waals surface area contributed by atoms with Crippen molar-refractivity contribution in [2.45, 2.75) is 13.3 Å². The molecule has 0 amide bonds. The van der Waals surface area contributed by atoms with E-state index in [1.807, 2.05) is 6.92 Å². The van der Waals surface area contributed by atoms with Crippen LogP contribution in [0.3, 0.4) is 0 Å². The number of hydrogen-bond acceptors (Lipinski definition) is 3. The summed E-state index contributed by atoms with van der Waals surface area (Å²) in [5, 5.41) is 14.4. The Balaban J connectivity index is 2.34. The predicted octanol–water partition coefficient (Wildman–Crippen LogP) is 1.48. The molecule has 0 radical (unpaired) electrons. The summed E-state index contributed by atoms with van der Waals surface area (Å²) in [7, 11) is 0. The molecule has 1 aromatic rings. The zero-order valence-corrected chi connectivity index (χ0v) is 10.2. The van der Waals surface area contributed by atoms with Gasteiger partial charge in [0.15, 0.2) is 0 Å². The van der Waals surface area contributed by atoms with Crippen LogP contribution in [0.4, 0.5) is 8.78 Å². The first-order valence-electron chi connectivity index (χ1n) is 5.66. The molecule has 1 atom stereocenters. The summed E-state index contributed by atoms with van der Waals surface area (Å²) in [5.74, 6) is -1.09. The van der Waals surface area contributed by atoms with Crippen molar-refractivity contribution in [1.82, 2.24) is 5.32 Å². The minimum Gasteiger partial charge on any atom is -0.409 e. The van der Waals surface area contributed by atoms with Gasteiger partial charge in [0.1, 0.15) is 17.5 Å². The van der Waals surface area contributed by atoms with E-state index < -0.39 is 11.6 Å². The molecule has 1 aromatic carbocycles. The molecule has 1 rings (SSSR count). The van der Waals surface area contributed by atoms with Gasteiger partial charge in [-0.25, -0.2) is 8.78 Å². The van der Waals surface area contributed by atoms with Gasteiger partial charge < -0.3 is 16.3 Å². The number of rotatable bonds is 6. The Morgan fingerprint density at radius 2 is 2.00 bits per heavy atom. The standard InChI is InChI=1S/C12H17F2N3O/c1-8(12(15)17-18)7-16-3-2-9-4-10(13)6-11(14)5-9/h4-6,8,16,18H,2-3,7H2,1H3,(H2,15,17). The molecule has 4 N–H and O–H groups in total. The van der Waals surface area contributed by atoms with Crippen molar-refractivity contribution in [3.8, 4) is 0 Å². The van der Waals surface area contributed by atoms with Crippen molar-refractivity contribution in [3.05, 3.63) is 35.4 Å². The van der Waals surface area contributed by atoms with Crippen LogP contribution in [0.2, 0.25) is 0 Å². The average molecular weight is 257 g/mol. The lowest BCUT2D eigenvalue weighted by atomic mass is 10.1. The smallest absolute Gasteiger partial charge is 0.143 e. The summed E-state index contributed by atoms with van der Waals surface area (Å²) in [6.07, 6.45) is 0.511. The monoisotopic (exact) mass is 257 g/mol. The fourth-order valence-electron chi connectivity index (χ4n) is 1.51. The zero-order valence-electron chi connectivity index (χ0n) is 10.2. The van der Waals surface area contributed by atoms with Crippen molar-refractivity contribution in [3.63, 3.8) is 0 Å². The molecule has 0 spiro atoms. The second-order valence-corrected chi connectivity index (χ2v) is 4.16. The number of hydrogen-bond donors (Lipinski definition) is 3. The number of amidine groups is 1. The van der Waals surface area contributed by atoms with Crippen molar-refractivity contribution in [2.24, 2.45) is 16.8 Å². The second kappa shape index (κ2) is 6.90. The lowest BCUT2D eigenvalue weighted by Gasteiger charge is -2.10. The maximum Gasteiger partial charge on any atom is 0.143 e. The summed E-state index contributed by atoms with van der Waals surface area (Å²) < 4.78 is 25.8. The molecule has 100 valence electrons. The molecule has 0 heterocycles. The molecule has 0 saturated carbocycles. The van der Waals surface area contributed by atoms with Crippen LogP contribution in [-0.4, -0.2) is 24.1 Å². The van der Waals surface area contributed by atoms with E-state index in [2.05, 4.69) is 10.5 Å². The Morgan fingerprint density at radius 3 is 2.56 bits per heavy atom. The van der Waals surface area contributed by atoms with Crippen LogP contribution in [-0.2, 0) is 6.42 Å². The molecule has 0 aliphatic carbocycles. The SMILES string of the molecule is CC(CNCCc1cc(F)cc(F)c1)C(N)=NO. The fraction of sp³-hybridized carbons (Fsp3) is 0.417. The van der Waals surface area contributed by atoms with E-state index in [-0.39, 0.29) is 11.8 Å². The largest absolute Gasteiger partial charge is 0.409 e. The number of halogens is 2. The van der Waals surface area contributed by atoms with E-state index in [1.165, 1.54) is 12.1 Å². The minimum atomic E-state index is -0.574. The fourth-order valence-corrected chi connectivity index (χ4v) is 1.51. The Labute approximate surface area is 104 Å². The van der Waals surface area contributed by atoms with Crippen LogP contribution >= 0.6 is 0 Å². The number of nitrogens with one attached hydrogen (secondary N) is 1. The highest BCUT2D eigenvalue weighted by atomic mass is 19.1. The van der Waals surface area contributed by atoms with E-state index in [0.29, 0.717) is 25.1 Å². The molecule has 0 saturated heterocycles. The first-order chi connectivity index (χ1) is 8.52. The zero-order chi connectivity index (χ0) is 13.5. The van der Waals surface area contributed by atoms with Crippen molar-refractivity contribution in [2.75, 3.05) is 13.1 Å². The van der Waals surface area contributed by atoms with Gasteiger partial charge in [-0.1, -0.05) is 12.1 Å². The van der Waals surface area contributed by atoms with E-state index >= 15 is 0 Å². The van der Waals surface area contributed by atoms with Crippen LogP contribution in [0.15, 0.2) is 23.4 Å². The highest BCUT2D eigenvalue weighted by Crippen LogP contribution is 2.08. The maximum atomic E-state index is 12.9. The summed E-state index contributed by atoms with van der Waals surface area (Å²) in [4.78, 5) is 0. The van der Waals surface area contributed by atoms with Gasteiger partial charge in [-0.2, -0.15) is 0 Å². The van der Waals surface area contributed by atoms with Gasteiger partial charge in [-0.05, 0) is 30.7 Å². The summed E-state index contributed by atoms with van der Waals surface area (Å²) in [6, 6.07) is 3.45. The molecule has 0 aliphatic heterocycles. The molecule has 0 aromatic heterocycles. The Morgan fingerprint density at radius 1 is 1.39 bits per heavy atom. The molecule has 6 heteroatoms. The first kappa shape index (κ1) is 14.4. The first-order valence-corrected chi connectivity index (χ1v) is 5.66. The second-order valence-electron chi connectivity index (χ2n) is 4.16. The van der Waals surface area contributed by atoms with Crippen molar-refractivity contribution >= 4 is 5.84 Å². The molecule has 1 unspecified atom stereocenters. The third-order valence-electron chi connectivity index (χ3n) is 2.58. The predicted molar refractivity (Wildman–Crippen MR) is 65.5 cm³/mol. The highest BCUT2D eigenvalue weighted by Gasteiger charge is 2.06. The molecule has 4 nitrogen and oxygen atoms in total. The third kappa shape index (κ3) is 4.67. The molecule has 0 aliphatic rings. The molecule has 18 heavy (non-hydrogen) atoms. The average Bonchev–Trinajstić information content (AvgIpc) is 2.32. The lowest BCUT2D eigenvalue weighted by molar-refractivity contribution is 0.314.